The quantitative estimate of drug-likeness (QED) is 0.884. The average Bonchev–Trinajstić information content (AvgIpc) is 2.42. The molecule has 1 aliphatic rings. The Morgan fingerprint density at radius 2 is 2.05 bits per heavy atom. The van der Waals surface area contributed by atoms with E-state index >= 15 is 0 Å². The van der Waals surface area contributed by atoms with Crippen LogP contribution in [0.2, 0.25) is 0 Å². The zero-order valence-corrected chi connectivity index (χ0v) is 11.9. The monoisotopic (exact) mass is 279 g/mol. The molecule has 1 aliphatic heterocycles. The van der Waals surface area contributed by atoms with Gasteiger partial charge in [0.05, 0.1) is 7.11 Å². The molecular weight excluding hydrogens is 258 g/mol. The van der Waals surface area contributed by atoms with Gasteiger partial charge in [-0.2, -0.15) is 0 Å². The predicted molar refractivity (Wildman–Crippen MR) is 75.0 cm³/mol. The Hall–Kier alpha value is -1.75. The second kappa shape index (κ2) is 6.13. The Morgan fingerprint density at radius 3 is 2.60 bits per heavy atom. The molecule has 0 saturated carbocycles. The Bertz CT molecular complexity index is 481. The van der Waals surface area contributed by atoms with Crippen LogP contribution >= 0.6 is 0 Å². The van der Waals surface area contributed by atoms with E-state index in [0.717, 1.165) is 25.9 Å². The number of nitrogens with zero attached hydrogens (tertiary/aromatic N) is 1. The minimum Gasteiger partial charge on any atom is -0.504 e. The van der Waals surface area contributed by atoms with Gasteiger partial charge in [-0.1, -0.05) is 13.0 Å². The minimum absolute atomic E-state index is 0.0210. The number of phenols is 1. The molecule has 110 valence electrons. The summed E-state index contributed by atoms with van der Waals surface area (Å²) >= 11 is 0. The largest absolute Gasteiger partial charge is 0.504 e. The van der Waals surface area contributed by atoms with Crippen molar-refractivity contribution in [2.24, 2.45) is 5.92 Å². The number of benzene rings is 1. The number of methoxy groups -OCH3 is 1. The highest BCUT2D eigenvalue weighted by molar-refractivity contribution is 5.76. The number of likely N-dealkylation sites (tertiary alicyclic amines) is 1. The number of piperidine rings is 1. The Labute approximate surface area is 118 Å². The van der Waals surface area contributed by atoms with E-state index in [1.165, 1.54) is 13.2 Å². The molecular formula is C15H21NO4. The van der Waals surface area contributed by atoms with Crippen LogP contribution in [0.15, 0.2) is 18.2 Å². The number of rotatable bonds is 4. The van der Waals surface area contributed by atoms with Crippen LogP contribution in [-0.4, -0.2) is 41.3 Å². The summed E-state index contributed by atoms with van der Waals surface area (Å²) in [5, 5.41) is 19.1. The van der Waals surface area contributed by atoms with Crippen molar-refractivity contribution in [2.75, 3.05) is 20.2 Å². The van der Waals surface area contributed by atoms with E-state index in [-0.39, 0.29) is 5.75 Å². The van der Waals surface area contributed by atoms with Crippen molar-refractivity contribution in [1.82, 2.24) is 4.90 Å². The van der Waals surface area contributed by atoms with Gasteiger partial charge in [-0.3, -0.25) is 9.69 Å². The highest BCUT2D eigenvalue weighted by Gasteiger charge is 2.30. The zero-order chi connectivity index (χ0) is 14.7. The number of ether oxygens (including phenoxy) is 1. The lowest BCUT2D eigenvalue weighted by Crippen LogP contribution is -2.39. The van der Waals surface area contributed by atoms with Crippen molar-refractivity contribution >= 4 is 5.97 Å². The molecule has 1 saturated heterocycles. The van der Waals surface area contributed by atoms with Crippen LogP contribution in [0.5, 0.6) is 11.5 Å². The number of carboxylic acid groups (broad SMARTS) is 1. The maximum absolute atomic E-state index is 11.6. The van der Waals surface area contributed by atoms with E-state index in [2.05, 4.69) is 6.92 Å². The zero-order valence-electron chi connectivity index (χ0n) is 11.9. The molecule has 0 amide bonds. The van der Waals surface area contributed by atoms with E-state index in [0.29, 0.717) is 17.2 Å². The number of carbonyl (C=O) groups is 1. The molecule has 0 aliphatic carbocycles. The summed E-state index contributed by atoms with van der Waals surface area (Å²) in [7, 11) is 1.46. The number of phenolic OH excluding ortho intramolecular Hbond substituents is 1. The molecule has 0 aromatic heterocycles. The third-order valence-corrected chi connectivity index (χ3v) is 3.94. The van der Waals surface area contributed by atoms with Gasteiger partial charge in [0.25, 0.3) is 0 Å². The molecule has 2 N–H and O–H groups in total. The summed E-state index contributed by atoms with van der Waals surface area (Å²) in [6.45, 7) is 3.75. The lowest BCUT2D eigenvalue weighted by molar-refractivity contribution is -0.144. The second-order valence-electron chi connectivity index (χ2n) is 5.39. The van der Waals surface area contributed by atoms with Crippen molar-refractivity contribution in [3.63, 3.8) is 0 Å². The molecule has 1 heterocycles. The molecule has 0 bridgehead atoms. The van der Waals surface area contributed by atoms with Crippen LogP contribution in [-0.2, 0) is 4.79 Å². The number of carboxylic acids is 1. The normalized spacial score (nSPS) is 18.7. The SMILES string of the molecule is COc1cc(C(C(=O)O)N2CCC(C)CC2)ccc1O. The van der Waals surface area contributed by atoms with Gasteiger partial charge in [0.1, 0.15) is 6.04 Å². The third kappa shape index (κ3) is 3.04. The van der Waals surface area contributed by atoms with Crippen LogP contribution in [0.3, 0.4) is 0 Å². The van der Waals surface area contributed by atoms with Gasteiger partial charge in [0.15, 0.2) is 11.5 Å². The van der Waals surface area contributed by atoms with Gasteiger partial charge in [0.2, 0.25) is 0 Å². The third-order valence-electron chi connectivity index (χ3n) is 3.94. The molecule has 0 spiro atoms. The highest BCUT2D eigenvalue weighted by Crippen LogP contribution is 2.33. The Balaban J connectivity index is 2.26. The summed E-state index contributed by atoms with van der Waals surface area (Å²) in [5.74, 6) is 0.106. The smallest absolute Gasteiger partial charge is 0.325 e. The van der Waals surface area contributed by atoms with Crippen LogP contribution in [0.1, 0.15) is 31.4 Å². The lowest BCUT2D eigenvalue weighted by atomic mass is 9.95. The first-order valence-electron chi connectivity index (χ1n) is 6.86. The number of hydrogen-bond acceptors (Lipinski definition) is 4. The molecule has 20 heavy (non-hydrogen) atoms. The van der Waals surface area contributed by atoms with Gasteiger partial charge >= 0.3 is 5.97 Å². The van der Waals surface area contributed by atoms with E-state index in [1.54, 1.807) is 12.1 Å². The van der Waals surface area contributed by atoms with E-state index in [1.807, 2.05) is 4.90 Å². The van der Waals surface area contributed by atoms with Crippen molar-refractivity contribution in [1.29, 1.82) is 0 Å². The molecule has 1 fully saturated rings. The molecule has 0 radical (unpaired) electrons. The first-order chi connectivity index (χ1) is 9.52. The summed E-state index contributed by atoms with van der Waals surface area (Å²) < 4.78 is 5.06. The summed E-state index contributed by atoms with van der Waals surface area (Å²) in [4.78, 5) is 13.6. The molecule has 1 aromatic rings. The van der Waals surface area contributed by atoms with Crippen LogP contribution < -0.4 is 4.74 Å². The molecule has 2 rings (SSSR count). The van der Waals surface area contributed by atoms with Gasteiger partial charge in [-0.05, 0) is 49.5 Å². The molecule has 1 unspecified atom stereocenters. The van der Waals surface area contributed by atoms with Crippen LogP contribution in [0, 0.1) is 5.92 Å². The van der Waals surface area contributed by atoms with Crippen LogP contribution in [0.25, 0.3) is 0 Å². The van der Waals surface area contributed by atoms with Crippen molar-refractivity contribution < 1.29 is 19.7 Å². The average molecular weight is 279 g/mol. The van der Waals surface area contributed by atoms with Crippen LogP contribution in [0.4, 0.5) is 0 Å². The fraction of sp³-hybridized carbons (Fsp3) is 0.533. The number of aromatic hydroxyl groups is 1. The van der Waals surface area contributed by atoms with Gasteiger partial charge in [-0.15, -0.1) is 0 Å². The first-order valence-corrected chi connectivity index (χ1v) is 6.86. The highest BCUT2D eigenvalue weighted by atomic mass is 16.5. The standard InChI is InChI=1S/C15H21NO4/c1-10-5-7-16(8-6-10)14(15(18)19)11-3-4-12(17)13(9-11)20-2/h3-4,9-10,14,17H,5-8H2,1-2H3,(H,18,19). The maximum Gasteiger partial charge on any atom is 0.325 e. The summed E-state index contributed by atoms with van der Waals surface area (Å²) in [6.07, 6.45) is 2.03. The van der Waals surface area contributed by atoms with E-state index < -0.39 is 12.0 Å². The van der Waals surface area contributed by atoms with Gasteiger partial charge < -0.3 is 14.9 Å². The predicted octanol–water partition coefficient (Wildman–Crippen LogP) is 2.26. The summed E-state index contributed by atoms with van der Waals surface area (Å²) in [5.41, 5.74) is 0.640. The Morgan fingerprint density at radius 1 is 1.40 bits per heavy atom. The molecule has 1 aromatic carbocycles. The fourth-order valence-electron chi connectivity index (χ4n) is 2.66. The van der Waals surface area contributed by atoms with E-state index in [9.17, 15) is 15.0 Å². The number of aliphatic carboxylic acids is 1. The maximum atomic E-state index is 11.6. The summed E-state index contributed by atoms with van der Waals surface area (Å²) in [6, 6.07) is 4.05. The Kier molecular flexibility index (Phi) is 4.49. The minimum atomic E-state index is -0.868. The topological polar surface area (TPSA) is 70.0 Å². The lowest BCUT2D eigenvalue weighted by Gasteiger charge is -2.34. The molecule has 1 atom stereocenters. The van der Waals surface area contributed by atoms with Crippen molar-refractivity contribution in [3.05, 3.63) is 23.8 Å². The molecule has 5 nitrogen and oxygen atoms in total. The van der Waals surface area contributed by atoms with Gasteiger partial charge in [-0.25, -0.2) is 0 Å². The fourth-order valence-corrected chi connectivity index (χ4v) is 2.66. The number of hydrogen-bond donors (Lipinski definition) is 2. The molecule has 5 heteroatoms. The van der Waals surface area contributed by atoms with Crippen molar-refractivity contribution in [3.8, 4) is 11.5 Å². The first kappa shape index (κ1) is 14.7. The van der Waals surface area contributed by atoms with Gasteiger partial charge in [0, 0.05) is 0 Å². The second-order valence-corrected chi connectivity index (χ2v) is 5.39. The van der Waals surface area contributed by atoms with E-state index in [4.69, 9.17) is 4.74 Å². The van der Waals surface area contributed by atoms with Crippen molar-refractivity contribution in [2.45, 2.75) is 25.8 Å².